The molecule has 0 fully saturated rings. The van der Waals surface area contributed by atoms with Crippen molar-refractivity contribution in [1.29, 1.82) is 0 Å². The van der Waals surface area contributed by atoms with E-state index in [1.807, 2.05) is 18.2 Å². The van der Waals surface area contributed by atoms with Crippen LogP contribution in [0.3, 0.4) is 0 Å². The van der Waals surface area contributed by atoms with Gasteiger partial charge < -0.3 is 14.8 Å². The second kappa shape index (κ2) is 3.79. The molecule has 5 heteroatoms. The van der Waals surface area contributed by atoms with Crippen molar-refractivity contribution in [2.75, 3.05) is 5.32 Å². The maximum atomic E-state index is 12.0. The van der Waals surface area contributed by atoms with E-state index >= 15 is 0 Å². The molecule has 17 heavy (non-hydrogen) atoms. The molecule has 2 aromatic heterocycles. The third kappa shape index (κ3) is 1.67. The average Bonchev–Trinajstić information content (AvgIpc) is 2.97. The van der Waals surface area contributed by atoms with E-state index in [-0.39, 0.29) is 5.91 Å². The standard InChI is InChI=1S/C12H9N3O2/c16-12(14-10-5-7-17-15-10)9-3-1-2-8-4-6-13-11(8)9/h1-7,13H,(H,14,15,16). The van der Waals surface area contributed by atoms with Crippen LogP contribution < -0.4 is 5.32 Å². The van der Waals surface area contributed by atoms with Gasteiger partial charge >= 0.3 is 0 Å². The molecule has 3 rings (SSSR count). The summed E-state index contributed by atoms with van der Waals surface area (Å²) < 4.78 is 4.65. The minimum Gasteiger partial charge on any atom is -0.363 e. The van der Waals surface area contributed by atoms with Crippen LogP contribution in [0.25, 0.3) is 10.9 Å². The molecule has 0 aliphatic carbocycles. The van der Waals surface area contributed by atoms with Crippen LogP contribution in [0.5, 0.6) is 0 Å². The normalized spacial score (nSPS) is 10.6. The zero-order chi connectivity index (χ0) is 11.7. The molecule has 0 unspecified atom stereocenters. The highest BCUT2D eigenvalue weighted by Crippen LogP contribution is 2.17. The minimum atomic E-state index is -0.216. The van der Waals surface area contributed by atoms with Gasteiger partial charge in [-0.05, 0) is 12.1 Å². The van der Waals surface area contributed by atoms with Crippen LogP contribution in [-0.4, -0.2) is 16.0 Å². The molecule has 0 aliphatic heterocycles. The maximum absolute atomic E-state index is 12.0. The second-order valence-electron chi connectivity index (χ2n) is 3.59. The number of anilines is 1. The lowest BCUT2D eigenvalue weighted by Crippen LogP contribution is -2.12. The first-order chi connectivity index (χ1) is 8.34. The number of hydrogen-bond acceptors (Lipinski definition) is 3. The Bertz CT molecular complexity index is 655. The Kier molecular flexibility index (Phi) is 2.15. The predicted molar refractivity (Wildman–Crippen MR) is 62.8 cm³/mol. The Labute approximate surface area is 96.4 Å². The molecule has 0 saturated carbocycles. The molecule has 2 N–H and O–H groups in total. The fourth-order valence-corrected chi connectivity index (χ4v) is 1.73. The predicted octanol–water partition coefficient (Wildman–Crippen LogP) is 2.41. The molecular weight excluding hydrogens is 218 g/mol. The van der Waals surface area contributed by atoms with E-state index in [9.17, 15) is 4.79 Å². The lowest BCUT2D eigenvalue weighted by Gasteiger charge is -2.02. The first-order valence-electron chi connectivity index (χ1n) is 5.12. The summed E-state index contributed by atoms with van der Waals surface area (Å²) in [5, 5.41) is 7.29. The number of carbonyl (C=O) groups excluding carboxylic acids is 1. The Morgan fingerprint density at radius 2 is 2.24 bits per heavy atom. The van der Waals surface area contributed by atoms with Crippen molar-refractivity contribution in [1.82, 2.24) is 10.1 Å². The van der Waals surface area contributed by atoms with Crippen LogP contribution in [0, 0.1) is 0 Å². The molecule has 1 aromatic carbocycles. The van der Waals surface area contributed by atoms with E-state index in [2.05, 4.69) is 20.0 Å². The number of H-pyrrole nitrogens is 1. The van der Waals surface area contributed by atoms with Crippen LogP contribution in [0.2, 0.25) is 0 Å². The summed E-state index contributed by atoms with van der Waals surface area (Å²) in [6.07, 6.45) is 3.21. The Hall–Kier alpha value is -2.56. The number of nitrogens with zero attached hydrogens (tertiary/aromatic N) is 1. The maximum Gasteiger partial charge on any atom is 0.259 e. The fraction of sp³-hybridized carbons (Fsp3) is 0. The van der Waals surface area contributed by atoms with Gasteiger partial charge in [0, 0.05) is 17.6 Å². The van der Waals surface area contributed by atoms with E-state index < -0.39 is 0 Å². The number of aromatic amines is 1. The summed E-state index contributed by atoms with van der Waals surface area (Å²) in [6, 6.07) is 9.05. The molecule has 3 aromatic rings. The number of amides is 1. The highest BCUT2D eigenvalue weighted by molar-refractivity contribution is 6.11. The Balaban J connectivity index is 1.98. The Morgan fingerprint density at radius 3 is 3.06 bits per heavy atom. The number of para-hydroxylation sites is 1. The molecule has 84 valence electrons. The van der Waals surface area contributed by atoms with Crippen molar-refractivity contribution >= 4 is 22.6 Å². The summed E-state index contributed by atoms with van der Waals surface area (Å²) in [6.45, 7) is 0. The minimum absolute atomic E-state index is 0.216. The van der Waals surface area contributed by atoms with Gasteiger partial charge in [0.25, 0.3) is 5.91 Å². The summed E-state index contributed by atoms with van der Waals surface area (Å²) >= 11 is 0. The smallest absolute Gasteiger partial charge is 0.259 e. The van der Waals surface area contributed by atoms with Crippen molar-refractivity contribution in [3.63, 3.8) is 0 Å². The molecule has 0 radical (unpaired) electrons. The van der Waals surface area contributed by atoms with E-state index in [1.54, 1.807) is 18.3 Å². The van der Waals surface area contributed by atoms with E-state index in [0.29, 0.717) is 11.4 Å². The van der Waals surface area contributed by atoms with E-state index in [4.69, 9.17) is 0 Å². The lowest BCUT2D eigenvalue weighted by atomic mass is 10.1. The summed E-state index contributed by atoms with van der Waals surface area (Å²) in [4.78, 5) is 15.1. The molecular formula is C12H9N3O2. The van der Waals surface area contributed by atoms with Crippen molar-refractivity contribution in [2.24, 2.45) is 0 Å². The third-order valence-corrected chi connectivity index (χ3v) is 2.51. The molecule has 0 aliphatic rings. The number of rotatable bonds is 2. The SMILES string of the molecule is O=C(Nc1ccon1)c1cccc2cc[nH]c12. The number of nitrogens with one attached hydrogen (secondary N) is 2. The molecule has 5 nitrogen and oxygen atoms in total. The summed E-state index contributed by atoms with van der Waals surface area (Å²) in [5.74, 6) is 0.186. The largest absolute Gasteiger partial charge is 0.363 e. The fourth-order valence-electron chi connectivity index (χ4n) is 1.73. The summed E-state index contributed by atoms with van der Waals surface area (Å²) in [7, 11) is 0. The average molecular weight is 227 g/mol. The highest BCUT2D eigenvalue weighted by atomic mass is 16.5. The molecule has 1 amide bonds. The number of benzene rings is 1. The number of aromatic nitrogens is 2. The number of carbonyl (C=O) groups is 1. The third-order valence-electron chi connectivity index (χ3n) is 2.51. The number of hydrogen-bond donors (Lipinski definition) is 2. The van der Waals surface area contributed by atoms with Gasteiger partial charge in [0.2, 0.25) is 0 Å². The van der Waals surface area contributed by atoms with Gasteiger partial charge in [-0.25, -0.2) is 0 Å². The Morgan fingerprint density at radius 1 is 1.29 bits per heavy atom. The summed E-state index contributed by atoms with van der Waals surface area (Å²) in [5.41, 5.74) is 1.39. The van der Waals surface area contributed by atoms with Gasteiger partial charge in [0.05, 0.1) is 11.1 Å². The van der Waals surface area contributed by atoms with Crippen molar-refractivity contribution in [3.8, 4) is 0 Å². The van der Waals surface area contributed by atoms with Crippen LogP contribution in [0.1, 0.15) is 10.4 Å². The van der Waals surface area contributed by atoms with Gasteiger partial charge in [-0.1, -0.05) is 17.3 Å². The number of fused-ring (bicyclic) bond motifs is 1. The van der Waals surface area contributed by atoms with Gasteiger partial charge in [-0.3, -0.25) is 4.79 Å². The van der Waals surface area contributed by atoms with Gasteiger partial charge in [0.1, 0.15) is 6.26 Å². The van der Waals surface area contributed by atoms with Gasteiger partial charge in [0.15, 0.2) is 5.82 Å². The van der Waals surface area contributed by atoms with Crippen LogP contribution in [0.15, 0.2) is 47.3 Å². The van der Waals surface area contributed by atoms with Gasteiger partial charge in [-0.15, -0.1) is 0 Å². The molecule has 0 spiro atoms. The zero-order valence-corrected chi connectivity index (χ0v) is 8.81. The molecule has 0 saturated heterocycles. The van der Waals surface area contributed by atoms with E-state index in [0.717, 1.165) is 10.9 Å². The lowest BCUT2D eigenvalue weighted by molar-refractivity contribution is 0.102. The molecule has 0 atom stereocenters. The highest BCUT2D eigenvalue weighted by Gasteiger charge is 2.11. The monoisotopic (exact) mass is 227 g/mol. The van der Waals surface area contributed by atoms with Crippen LogP contribution in [-0.2, 0) is 0 Å². The first kappa shape index (κ1) is 9.65. The van der Waals surface area contributed by atoms with Gasteiger partial charge in [-0.2, -0.15) is 0 Å². The van der Waals surface area contributed by atoms with Crippen LogP contribution >= 0.6 is 0 Å². The zero-order valence-electron chi connectivity index (χ0n) is 8.81. The first-order valence-corrected chi connectivity index (χ1v) is 5.12. The van der Waals surface area contributed by atoms with Crippen molar-refractivity contribution < 1.29 is 9.32 Å². The van der Waals surface area contributed by atoms with Crippen molar-refractivity contribution in [3.05, 3.63) is 48.4 Å². The van der Waals surface area contributed by atoms with E-state index in [1.165, 1.54) is 6.26 Å². The second-order valence-corrected chi connectivity index (χ2v) is 3.59. The van der Waals surface area contributed by atoms with Crippen molar-refractivity contribution in [2.45, 2.75) is 0 Å². The van der Waals surface area contributed by atoms with Crippen LogP contribution in [0.4, 0.5) is 5.82 Å². The molecule has 0 bridgehead atoms. The topological polar surface area (TPSA) is 70.9 Å². The molecule has 2 heterocycles. The quantitative estimate of drug-likeness (QED) is 0.706.